The highest BCUT2D eigenvalue weighted by Gasteiger charge is 2.23. The Bertz CT molecular complexity index is 782. The van der Waals surface area contributed by atoms with Gasteiger partial charge in [0.15, 0.2) is 0 Å². The highest BCUT2D eigenvalue weighted by atomic mass is 35.5. The van der Waals surface area contributed by atoms with Crippen molar-refractivity contribution in [3.8, 4) is 0 Å². The molecule has 0 spiro atoms. The Balaban J connectivity index is 1.98. The van der Waals surface area contributed by atoms with Gasteiger partial charge in [-0.15, -0.1) is 0 Å². The van der Waals surface area contributed by atoms with E-state index in [1.54, 1.807) is 18.3 Å². The number of nitrogens with one attached hydrogen (secondary N) is 2. The summed E-state index contributed by atoms with van der Waals surface area (Å²) in [6.45, 7) is 4.44. The van der Waals surface area contributed by atoms with Crippen LogP contribution in [-0.4, -0.2) is 29.4 Å². The van der Waals surface area contributed by atoms with E-state index in [-0.39, 0.29) is 22.4 Å². The van der Waals surface area contributed by atoms with Crippen molar-refractivity contribution in [2.24, 2.45) is 5.92 Å². The standard InChI is InChI=1S/C20H23Cl2N3O2/c1-13(2)11-18(20(27)24-10-8-15-5-3-4-9-23-15)25-19(26)16-7-6-14(21)12-17(16)22/h3-7,9,12-13,18H,8,10-11H2,1-2H3,(H,24,27)(H,25,26). The molecule has 0 saturated carbocycles. The van der Waals surface area contributed by atoms with Crippen LogP contribution in [0.2, 0.25) is 10.0 Å². The van der Waals surface area contributed by atoms with Gasteiger partial charge in [-0.05, 0) is 42.7 Å². The van der Waals surface area contributed by atoms with Crippen molar-refractivity contribution in [3.63, 3.8) is 0 Å². The fourth-order valence-corrected chi connectivity index (χ4v) is 3.09. The zero-order chi connectivity index (χ0) is 19.8. The number of hydrogen-bond donors (Lipinski definition) is 2. The van der Waals surface area contributed by atoms with Crippen LogP contribution in [0.4, 0.5) is 0 Å². The van der Waals surface area contributed by atoms with Gasteiger partial charge in [0.25, 0.3) is 5.91 Å². The van der Waals surface area contributed by atoms with E-state index in [2.05, 4.69) is 15.6 Å². The molecule has 0 aliphatic heterocycles. The van der Waals surface area contributed by atoms with Crippen LogP contribution in [0.1, 0.15) is 36.3 Å². The SMILES string of the molecule is CC(C)CC(NC(=O)c1ccc(Cl)cc1Cl)C(=O)NCCc1ccccn1. The van der Waals surface area contributed by atoms with Gasteiger partial charge in [-0.3, -0.25) is 14.6 Å². The summed E-state index contributed by atoms with van der Waals surface area (Å²) in [6, 6.07) is 9.65. The van der Waals surface area contributed by atoms with Gasteiger partial charge < -0.3 is 10.6 Å². The first-order valence-corrected chi connectivity index (χ1v) is 9.56. The second-order valence-electron chi connectivity index (χ2n) is 6.64. The van der Waals surface area contributed by atoms with Crippen LogP contribution >= 0.6 is 23.2 Å². The largest absolute Gasteiger partial charge is 0.354 e. The summed E-state index contributed by atoms with van der Waals surface area (Å²) in [7, 11) is 0. The molecule has 1 unspecified atom stereocenters. The molecule has 1 atom stereocenters. The molecule has 7 heteroatoms. The van der Waals surface area contributed by atoms with E-state index in [4.69, 9.17) is 23.2 Å². The van der Waals surface area contributed by atoms with Crippen LogP contribution in [0.15, 0.2) is 42.6 Å². The molecule has 0 radical (unpaired) electrons. The molecule has 0 fully saturated rings. The Labute approximate surface area is 169 Å². The van der Waals surface area contributed by atoms with Crippen molar-refractivity contribution < 1.29 is 9.59 Å². The third kappa shape index (κ3) is 6.85. The fourth-order valence-electron chi connectivity index (χ4n) is 2.60. The molecule has 0 bridgehead atoms. The van der Waals surface area contributed by atoms with E-state index in [0.717, 1.165) is 5.69 Å². The Morgan fingerprint density at radius 2 is 1.93 bits per heavy atom. The maximum atomic E-state index is 12.6. The quantitative estimate of drug-likeness (QED) is 0.696. The zero-order valence-corrected chi connectivity index (χ0v) is 16.8. The summed E-state index contributed by atoms with van der Waals surface area (Å²) >= 11 is 12.0. The number of carbonyl (C=O) groups excluding carboxylic acids is 2. The van der Waals surface area contributed by atoms with Crippen LogP contribution in [0, 0.1) is 5.92 Å². The molecule has 1 aromatic carbocycles. The third-order valence-corrected chi connectivity index (χ3v) is 4.46. The number of pyridine rings is 1. The first-order valence-electron chi connectivity index (χ1n) is 8.80. The smallest absolute Gasteiger partial charge is 0.253 e. The first-order chi connectivity index (χ1) is 12.9. The molecule has 0 aliphatic rings. The molecule has 5 nitrogen and oxygen atoms in total. The van der Waals surface area contributed by atoms with Gasteiger partial charge in [0.1, 0.15) is 6.04 Å². The number of halogens is 2. The highest BCUT2D eigenvalue weighted by molar-refractivity contribution is 6.36. The molecular formula is C20H23Cl2N3O2. The lowest BCUT2D eigenvalue weighted by Crippen LogP contribution is -2.47. The normalized spacial score (nSPS) is 11.9. The minimum absolute atomic E-state index is 0.224. The van der Waals surface area contributed by atoms with E-state index < -0.39 is 11.9 Å². The average molecular weight is 408 g/mol. The summed E-state index contributed by atoms with van der Waals surface area (Å²) in [4.78, 5) is 29.3. The molecular weight excluding hydrogens is 385 g/mol. The lowest BCUT2D eigenvalue weighted by atomic mass is 10.0. The second-order valence-corrected chi connectivity index (χ2v) is 7.49. The van der Waals surface area contributed by atoms with Gasteiger partial charge >= 0.3 is 0 Å². The van der Waals surface area contributed by atoms with Crippen molar-refractivity contribution in [3.05, 3.63) is 63.9 Å². The Hall–Kier alpha value is -2.11. The molecule has 1 aromatic heterocycles. The lowest BCUT2D eigenvalue weighted by molar-refractivity contribution is -0.123. The number of benzene rings is 1. The molecule has 2 aromatic rings. The Morgan fingerprint density at radius 3 is 2.56 bits per heavy atom. The van der Waals surface area contributed by atoms with Crippen molar-refractivity contribution in [2.75, 3.05) is 6.54 Å². The van der Waals surface area contributed by atoms with Crippen molar-refractivity contribution in [1.29, 1.82) is 0 Å². The molecule has 2 N–H and O–H groups in total. The summed E-state index contributed by atoms with van der Waals surface area (Å²) < 4.78 is 0. The van der Waals surface area contributed by atoms with Crippen LogP contribution in [-0.2, 0) is 11.2 Å². The van der Waals surface area contributed by atoms with E-state index >= 15 is 0 Å². The number of hydrogen-bond acceptors (Lipinski definition) is 3. The van der Waals surface area contributed by atoms with Gasteiger partial charge in [-0.1, -0.05) is 43.1 Å². The van der Waals surface area contributed by atoms with Gasteiger partial charge in [0, 0.05) is 29.9 Å². The van der Waals surface area contributed by atoms with Gasteiger partial charge in [0.2, 0.25) is 5.91 Å². The summed E-state index contributed by atoms with van der Waals surface area (Å²) in [5.74, 6) is -0.391. The van der Waals surface area contributed by atoms with E-state index in [1.165, 1.54) is 6.07 Å². The minimum Gasteiger partial charge on any atom is -0.354 e. The van der Waals surface area contributed by atoms with E-state index in [0.29, 0.717) is 24.4 Å². The number of carbonyl (C=O) groups is 2. The predicted octanol–water partition coefficient (Wildman–Crippen LogP) is 3.89. The summed E-state index contributed by atoms with van der Waals surface area (Å²) in [6.07, 6.45) is 2.86. The third-order valence-electron chi connectivity index (χ3n) is 3.91. The Morgan fingerprint density at radius 1 is 1.15 bits per heavy atom. The topological polar surface area (TPSA) is 71.1 Å². The monoisotopic (exact) mass is 407 g/mol. The van der Waals surface area contributed by atoms with Gasteiger partial charge in [-0.2, -0.15) is 0 Å². The molecule has 0 saturated heterocycles. The highest BCUT2D eigenvalue weighted by Crippen LogP contribution is 2.21. The first kappa shape index (κ1) is 21.2. The number of nitrogens with zero attached hydrogens (tertiary/aromatic N) is 1. The van der Waals surface area contributed by atoms with Crippen LogP contribution in [0.3, 0.4) is 0 Å². The molecule has 0 aliphatic carbocycles. The number of rotatable bonds is 8. The molecule has 2 rings (SSSR count). The van der Waals surface area contributed by atoms with Gasteiger partial charge in [-0.25, -0.2) is 0 Å². The van der Waals surface area contributed by atoms with E-state index in [1.807, 2.05) is 32.0 Å². The molecule has 27 heavy (non-hydrogen) atoms. The second kappa shape index (κ2) is 10.3. The lowest BCUT2D eigenvalue weighted by Gasteiger charge is -2.20. The summed E-state index contributed by atoms with van der Waals surface area (Å²) in [5, 5.41) is 6.34. The predicted molar refractivity (Wildman–Crippen MR) is 108 cm³/mol. The maximum Gasteiger partial charge on any atom is 0.253 e. The Kier molecular flexibility index (Phi) is 8.07. The summed E-state index contributed by atoms with van der Waals surface area (Å²) in [5.41, 5.74) is 1.19. The van der Waals surface area contributed by atoms with E-state index in [9.17, 15) is 9.59 Å². The maximum absolute atomic E-state index is 12.6. The average Bonchev–Trinajstić information content (AvgIpc) is 2.61. The molecule has 1 heterocycles. The molecule has 144 valence electrons. The molecule has 2 amide bonds. The zero-order valence-electron chi connectivity index (χ0n) is 15.3. The van der Waals surface area contributed by atoms with Crippen molar-refractivity contribution in [2.45, 2.75) is 32.7 Å². The van der Waals surface area contributed by atoms with Crippen LogP contribution < -0.4 is 10.6 Å². The van der Waals surface area contributed by atoms with Crippen molar-refractivity contribution in [1.82, 2.24) is 15.6 Å². The van der Waals surface area contributed by atoms with Crippen LogP contribution in [0.5, 0.6) is 0 Å². The number of aromatic nitrogens is 1. The minimum atomic E-state index is -0.645. The van der Waals surface area contributed by atoms with Crippen LogP contribution in [0.25, 0.3) is 0 Å². The van der Waals surface area contributed by atoms with Gasteiger partial charge in [0.05, 0.1) is 10.6 Å². The fraction of sp³-hybridized carbons (Fsp3) is 0.350. The van der Waals surface area contributed by atoms with Crippen molar-refractivity contribution >= 4 is 35.0 Å². The number of amides is 2.